The topological polar surface area (TPSA) is 61.4 Å². The summed E-state index contributed by atoms with van der Waals surface area (Å²) in [5.41, 5.74) is 1.41. The smallest absolute Gasteiger partial charge is 0.319 e. The van der Waals surface area contributed by atoms with Gasteiger partial charge in [0.15, 0.2) is 0 Å². The second-order valence-electron chi connectivity index (χ2n) is 2.61. The predicted molar refractivity (Wildman–Crippen MR) is 44.0 cm³/mol. The maximum atomic E-state index is 10.8. The Kier molecular flexibility index (Phi) is 1.40. The lowest BCUT2D eigenvalue weighted by Gasteiger charge is -2.18. The average molecular weight is 164 g/mol. The molecule has 0 radical (unpaired) electrons. The van der Waals surface area contributed by atoms with E-state index in [1.165, 1.54) is 0 Å². The van der Waals surface area contributed by atoms with Crippen LogP contribution in [0.4, 0.5) is 10.5 Å². The first kappa shape index (κ1) is 6.97. The van der Waals surface area contributed by atoms with E-state index in [9.17, 15) is 9.90 Å². The highest BCUT2D eigenvalue weighted by atomic mass is 16.3. The predicted octanol–water partition coefficient (Wildman–Crippen LogP) is 1.03. The molecule has 0 spiro atoms. The lowest BCUT2D eigenvalue weighted by Crippen LogP contribution is -2.33. The first-order chi connectivity index (χ1) is 5.77. The molecule has 1 aliphatic rings. The molecular weight excluding hydrogens is 156 g/mol. The van der Waals surface area contributed by atoms with Crippen LogP contribution in [0.25, 0.3) is 0 Å². The number of phenols is 1. The maximum absolute atomic E-state index is 10.8. The van der Waals surface area contributed by atoms with E-state index < -0.39 is 0 Å². The molecule has 0 bridgehead atoms. The lowest BCUT2D eigenvalue weighted by atomic mass is 10.1. The highest BCUT2D eigenvalue weighted by Crippen LogP contribution is 2.26. The van der Waals surface area contributed by atoms with Gasteiger partial charge in [-0.05, 0) is 12.1 Å². The van der Waals surface area contributed by atoms with Crippen LogP contribution in [0, 0.1) is 0 Å². The van der Waals surface area contributed by atoms with Gasteiger partial charge in [0.1, 0.15) is 5.75 Å². The fourth-order valence-corrected chi connectivity index (χ4v) is 1.21. The average Bonchev–Trinajstić information content (AvgIpc) is 2.04. The first-order valence-corrected chi connectivity index (χ1v) is 3.63. The number of carbonyl (C=O) groups is 1. The summed E-state index contributed by atoms with van der Waals surface area (Å²) >= 11 is 0. The number of amides is 2. The molecule has 0 aliphatic carbocycles. The summed E-state index contributed by atoms with van der Waals surface area (Å²) in [6.07, 6.45) is 0. The Hall–Kier alpha value is -1.71. The standard InChI is InChI=1S/C8H8N2O2/c11-7-3-1-2-6-5(7)4-9-8(12)10-6/h1-3,11H,4H2,(H2,9,10,12). The Labute approximate surface area is 69.2 Å². The quantitative estimate of drug-likeness (QED) is 0.536. The molecule has 0 unspecified atom stereocenters. The molecular formula is C8H8N2O2. The van der Waals surface area contributed by atoms with E-state index in [0.29, 0.717) is 12.2 Å². The Morgan fingerprint density at radius 3 is 3.08 bits per heavy atom. The van der Waals surface area contributed by atoms with Crippen molar-refractivity contribution < 1.29 is 9.90 Å². The van der Waals surface area contributed by atoms with Crippen LogP contribution in [-0.2, 0) is 6.54 Å². The molecule has 62 valence electrons. The summed E-state index contributed by atoms with van der Waals surface area (Å²) < 4.78 is 0. The number of hydrogen-bond donors (Lipinski definition) is 3. The van der Waals surface area contributed by atoms with Crippen molar-refractivity contribution in [3.05, 3.63) is 23.8 Å². The number of fused-ring (bicyclic) bond motifs is 1. The van der Waals surface area contributed by atoms with Crippen LogP contribution in [-0.4, -0.2) is 11.1 Å². The number of phenolic OH excluding ortho intramolecular Hbond substituents is 1. The number of anilines is 1. The Bertz CT molecular complexity index is 336. The normalized spacial score (nSPS) is 14.5. The molecule has 1 aromatic rings. The fourth-order valence-electron chi connectivity index (χ4n) is 1.21. The van der Waals surface area contributed by atoms with Crippen molar-refractivity contribution in [2.24, 2.45) is 0 Å². The molecule has 2 amide bonds. The molecule has 1 aliphatic heterocycles. The van der Waals surface area contributed by atoms with Gasteiger partial charge in [0.2, 0.25) is 0 Å². The molecule has 0 aromatic heterocycles. The van der Waals surface area contributed by atoms with Crippen molar-refractivity contribution in [2.45, 2.75) is 6.54 Å². The maximum Gasteiger partial charge on any atom is 0.319 e. The zero-order valence-corrected chi connectivity index (χ0v) is 6.29. The van der Waals surface area contributed by atoms with E-state index in [2.05, 4.69) is 10.6 Å². The lowest BCUT2D eigenvalue weighted by molar-refractivity contribution is 0.250. The van der Waals surface area contributed by atoms with Crippen molar-refractivity contribution in [1.82, 2.24) is 5.32 Å². The minimum absolute atomic E-state index is 0.208. The summed E-state index contributed by atoms with van der Waals surface area (Å²) in [7, 11) is 0. The molecule has 0 fully saturated rings. The minimum Gasteiger partial charge on any atom is -0.508 e. The van der Waals surface area contributed by atoms with Gasteiger partial charge in [-0.3, -0.25) is 0 Å². The number of urea groups is 1. The van der Waals surface area contributed by atoms with Crippen LogP contribution < -0.4 is 10.6 Å². The van der Waals surface area contributed by atoms with E-state index in [0.717, 1.165) is 5.56 Å². The summed E-state index contributed by atoms with van der Waals surface area (Å²) in [4.78, 5) is 10.8. The van der Waals surface area contributed by atoms with E-state index in [-0.39, 0.29) is 11.8 Å². The van der Waals surface area contributed by atoms with E-state index in [1.54, 1.807) is 18.2 Å². The third-order valence-corrected chi connectivity index (χ3v) is 1.83. The molecule has 0 saturated heterocycles. The van der Waals surface area contributed by atoms with Gasteiger partial charge in [0, 0.05) is 5.56 Å². The van der Waals surface area contributed by atoms with E-state index in [1.807, 2.05) is 0 Å². The molecule has 4 nitrogen and oxygen atoms in total. The van der Waals surface area contributed by atoms with Gasteiger partial charge in [-0.25, -0.2) is 4.79 Å². The van der Waals surface area contributed by atoms with Gasteiger partial charge in [-0.15, -0.1) is 0 Å². The number of nitrogens with one attached hydrogen (secondary N) is 2. The van der Waals surface area contributed by atoms with Gasteiger partial charge in [-0.1, -0.05) is 6.07 Å². The molecule has 1 aromatic carbocycles. The molecule has 4 heteroatoms. The molecule has 1 heterocycles. The molecule has 2 rings (SSSR count). The summed E-state index contributed by atoms with van der Waals surface area (Å²) in [5.74, 6) is 0.208. The summed E-state index contributed by atoms with van der Waals surface area (Å²) in [6, 6.07) is 4.82. The number of rotatable bonds is 0. The van der Waals surface area contributed by atoms with Gasteiger partial charge in [-0.2, -0.15) is 0 Å². The highest BCUT2D eigenvalue weighted by Gasteiger charge is 2.15. The van der Waals surface area contributed by atoms with Crippen molar-refractivity contribution in [3.8, 4) is 5.75 Å². The van der Waals surface area contributed by atoms with Gasteiger partial charge in [0.05, 0.1) is 12.2 Å². The van der Waals surface area contributed by atoms with Crippen molar-refractivity contribution in [2.75, 3.05) is 5.32 Å². The minimum atomic E-state index is -0.229. The summed E-state index contributed by atoms with van der Waals surface area (Å²) in [6.45, 7) is 0.383. The van der Waals surface area contributed by atoms with Crippen LogP contribution in [0.5, 0.6) is 5.75 Å². The van der Waals surface area contributed by atoms with E-state index >= 15 is 0 Å². The highest BCUT2D eigenvalue weighted by molar-refractivity contribution is 5.92. The largest absolute Gasteiger partial charge is 0.508 e. The van der Waals surface area contributed by atoms with Crippen LogP contribution in [0.15, 0.2) is 18.2 Å². The number of aromatic hydroxyl groups is 1. The van der Waals surface area contributed by atoms with Crippen LogP contribution in [0.2, 0.25) is 0 Å². The number of benzene rings is 1. The second kappa shape index (κ2) is 2.41. The molecule has 12 heavy (non-hydrogen) atoms. The van der Waals surface area contributed by atoms with Crippen LogP contribution >= 0.6 is 0 Å². The molecule has 0 saturated carbocycles. The van der Waals surface area contributed by atoms with Crippen molar-refractivity contribution in [1.29, 1.82) is 0 Å². The Balaban J connectivity index is 2.48. The monoisotopic (exact) mass is 164 g/mol. The van der Waals surface area contributed by atoms with Crippen molar-refractivity contribution >= 4 is 11.7 Å². The van der Waals surface area contributed by atoms with Gasteiger partial charge >= 0.3 is 6.03 Å². The third kappa shape index (κ3) is 0.972. The van der Waals surface area contributed by atoms with Crippen LogP contribution in [0.1, 0.15) is 5.56 Å². The second-order valence-corrected chi connectivity index (χ2v) is 2.61. The first-order valence-electron chi connectivity index (χ1n) is 3.63. The van der Waals surface area contributed by atoms with Gasteiger partial charge < -0.3 is 15.7 Å². The zero-order valence-electron chi connectivity index (χ0n) is 6.29. The fraction of sp³-hybridized carbons (Fsp3) is 0.125. The van der Waals surface area contributed by atoms with E-state index in [4.69, 9.17) is 0 Å². The van der Waals surface area contributed by atoms with Crippen molar-refractivity contribution in [3.63, 3.8) is 0 Å². The summed E-state index contributed by atoms with van der Waals surface area (Å²) in [5, 5.41) is 14.5. The van der Waals surface area contributed by atoms with Crippen LogP contribution in [0.3, 0.4) is 0 Å². The SMILES string of the molecule is O=C1NCc2c(O)cccc2N1. The zero-order chi connectivity index (χ0) is 8.55. The Morgan fingerprint density at radius 1 is 1.42 bits per heavy atom. The van der Waals surface area contributed by atoms with Gasteiger partial charge in [0.25, 0.3) is 0 Å². The molecule has 0 atom stereocenters. The number of carbonyl (C=O) groups excluding carboxylic acids is 1. The third-order valence-electron chi connectivity index (χ3n) is 1.83. The molecule has 3 N–H and O–H groups in total. The number of hydrogen-bond acceptors (Lipinski definition) is 2. The Morgan fingerprint density at radius 2 is 2.25 bits per heavy atom.